The topological polar surface area (TPSA) is 38.8 Å². The summed E-state index contributed by atoms with van der Waals surface area (Å²) >= 11 is 0. The highest BCUT2D eigenvalue weighted by Crippen LogP contribution is 2.36. The van der Waals surface area contributed by atoms with Gasteiger partial charge in [-0.05, 0) is 37.5 Å². The summed E-state index contributed by atoms with van der Waals surface area (Å²) in [5, 5.41) is 0. The third kappa shape index (κ3) is 2.75. The Kier molecular flexibility index (Phi) is 4.59. The van der Waals surface area contributed by atoms with Crippen molar-refractivity contribution in [3.05, 3.63) is 22.8 Å². The molecule has 1 aromatic rings. The van der Waals surface area contributed by atoms with Gasteiger partial charge in [0, 0.05) is 7.05 Å². The Labute approximate surface area is 108 Å². The average Bonchev–Trinajstić information content (AvgIpc) is 2.32. The Morgan fingerprint density at radius 1 is 1.22 bits per heavy atom. The number of carbonyl (C=O) groups excluding carboxylic acids is 1. The predicted octanol–water partition coefficient (Wildman–Crippen LogP) is 2.23. The van der Waals surface area contributed by atoms with Crippen LogP contribution in [0.4, 0.5) is 5.69 Å². The van der Waals surface area contributed by atoms with Gasteiger partial charge in [-0.25, -0.2) is 0 Å². The van der Waals surface area contributed by atoms with E-state index < -0.39 is 0 Å². The number of ether oxygens (including phenoxy) is 2. The standard InChI is InChI=1S/C14H21NO3/c1-9-7-10(2)13(14(18-6)11(9)3)15(4)8-12(16)17-5/h7H,8H2,1-6H3. The van der Waals surface area contributed by atoms with Crippen LogP contribution in [0.5, 0.6) is 5.75 Å². The van der Waals surface area contributed by atoms with Crippen molar-refractivity contribution in [3.8, 4) is 5.75 Å². The van der Waals surface area contributed by atoms with Crippen LogP contribution in [-0.4, -0.2) is 33.8 Å². The molecule has 0 aliphatic rings. The lowest BCUT2D eigenvalue weighted by atomic mass is 10.0. The summed E-state index contributed by atoms with van der Waals surface area (Å²) in [5.74, 6) is 0.552. The van der Waals surface area contributed by atoms with E-state index in [1.807, 2.05) is 25.8 Å². The van der Waals surface area contributed by atoms with E-state index in [9.17, 15) is 4.79 Å². The Bertz CT molecular complexity index is 455. The molecule has 0 fully saturated rings. The van der Waals surface area contributed by atoms with E-state index in [-0.39, 0.29) is 12.5 Å². The summed E-state index contributed by atoms with van der Waals surface area (Å²) < 4.78 is 10.2. The number of methoxy groups -OCH3 is 2. The number of carbonyl (C=O) groups is 1. The zero-order chi connectivity index (χ0) is 13.9. The van der Waals surface area contributed by atoms with Gasteiger partial charge in [0.2, 0.25) is 0 Å². The van der Waals surface area contributed by atoms with E-state index in [4.69, 9.17) is 4.74 Å². The Balaban J connectivity index is 3.22. The van der Waals surface area contributed by atoms with Crippen molar-refractivity contribution in [2.75, 3.05) is 32.7 Å². The molecular weight excluding hydrogens is 230 g/mol. The minimum Gasteiger partial charge on any atom is -0.494 e. The molecule has 0 heterocycles. The van der Waals surface area contributed by atoms with Crippen LogP contribution in [-0.2, 0) is 9.53 Å². The van der Waals surface area contributed by atoms with E-state index >= 15 is 0 Å². The second-order valence-electron chi connectivity index (χ2n) is 4.45. The first-order valence-electron chi connectivity index (χ1n) is 5.85. The Hall–Kier alpha value is -1.71. The van der Waals surface area contributed by atoms with Crippen LogP contribution < -0.4 is 9.64 Å². The SMILES string of the molecule is COC(=O)CN(C)c1c(C)cc(C)c(C)c1OC. The Morgan fingerprint density at radius 3 is 2.33 bits per heavy atom. The zero-order valence-electron chi connectivity index (χ0n) is 12.0. The molecule has 0 aromatic heterocycles. The molecular formula is C14H21NO3. The molecule has 0 aliphatic heterocycles. The van der Waals surface area contributed by atoms with Crippen LogP contribution in [0.25, 0.3) is 0 Å². The second-order valence-corrected chi connectivity index (χ2v) is 4.45. The van der Waals surface area contributed by atoms with Crippen LogP contribution in [0.3, 0.4) is 0 Å². The number of benzene rings is 1. The highest BCUT2D eigenvalue weighted by atomic mass is 16.5. The molecule has 1 rings (SSSR count). The van der Waals surface area contributed by atoms with E-state index in [1.54, 1.807) is 7.11 Å². The van der Waals surface area contributed by atoms with Gasteiger partial charge < -0.3 is 14.4 Å². The predicted molar refractivity (Wildman–Crippen MR) is 72.5 cm³/mol. The Morgan fingerprint density at radius 2 is 1.83 bits per heavy atom. The summed E-state index contributed by atoms with van der Waals surface area (Å²) in [4.78, 5) is 13.2. The van der Waals surface area contributed by atoms with Crippen LogP contribution in [0, 0.1) is 20.8 Å². The highest BCUT2D eigenvalue weighted by Gasteiger charge is 2.17. The minimum absolute atomic E-state index is 0.205. The van der Waals surface area contributed by atoms with Crippen LogP contribution in [0.1, 0.15) is 16.7 Å². The molecule has 4 heteroatoms. The van der Waals surface area contributed by atoms with Gasteiger partial charge in [0.05, 0.1) is 19.9 Å². The van der Waals surface area contributed by atoms with Gasteiger partial charge in [0.1, 0.15) is 12.3 Å². The van der Waals surface area contributed by atoms with Gasteiger partial charge in [-0.1, -0.05) is 6.07 Å². The fourth-order valence-electron chi connectivity index (χ4n) is 2.10. The minimum atomic E-state index is -0.266. The smallest absolute Gasteiger partial charge is 0.325 e. The van der Waals surface area contributed by atoms with Crippen molar-refractivity contribution < 1.29 is 14.3 Å². The third-order valence-corrected chi connectivity index (χ3v) is 3.13. The third-order valence-electron chi connectivity index (χ3n) is 3.13. The number of rotatable bonds is 4. The molecule has 0 spiro atoms. The normalized spacial score (nSPS) is 10.1. The number of aryl methyl sites for hydroxylation is 2. The first-order valence-corrected chi connectivity index (χ1v) is 5.85. The largest absolute Gasteiger partial charge is 0.494 e. The number of hydrogen-bond donors (Lipinski definition) is 0. The van der Waals surface area contributed by atoms with Crippen molar-refractivity contribution in [2.24, 2.45) is 0 Å². The molecule has 0 aliphatic carbocycles. The molecule has 0 amide bonds. The molecule has 100 valence electrons. The van der Waals surface area contributed by atoms with Crippen molar-refractivity contribution in [3.63, 3.8) is 0 Å². The monoisotopic (exact) mass is 251 g/mol. The lowest BCUT2D eigenvalue weighted by Gasteiger charge is -2.24. The highest BCUT2D eigenvalue weighted by molar-refractivity contribution is 5.78. The fraction of sp³-hybridized carbons (Fsp3) is 0.500. The quantitative estimate of drug-likeness (QED) is 0.769. The van der Waals surface area contributed by atoms with Crippen LogP contribution in [0.2, 0.25) is 0 Å². The van der Waals surface area contributed by atoms with E-state index in [2.05, 4.69) is 17.7 Å². The molecule has 0 N–H and O–H groups in total. The maximum atomic E-state index is 11.4. The maximum absolute atomic E-state index is 11.4. The van der Waals surface area contributed by atoms with Crippen molar-refractivity contribution in [1.29, 1.82) is 0 Å². The van der Waals surface area contributed by atoms with Gasteiger partial charge in [-0.3, -0.25) is 4.79 Å². The number of esters is 1. The number of nitrogens with zero attached hydrogens (tertiary/aromatic N) is 1. The molecule has 0 bridgehead atoms. The summed E-state index contributed by atoms with van der Waals surface area (Å²) in [6, 6.07) is 2.10. The number of hydrogen-bond acceptors (Lipinski definition) is 4. The van der Waals surface area contributed by atoms with E-state index in [0.29, 0.717) is 0 Å². The summed E-state index contributed by atoms with van der Waals surface area (Å²) in [6.45, 7) is 6.28. The summed E-state index contributed by atoms with van der Waals surface area (Å²) in [7, 11) is 4.90. The maximum Gasteiger partial charge on any atom is 0.325 e. The zero-order valence-corrected chi connectivity index (χ0v) is 12.0. The van der Waals surface area contributed by atoms with Crippen molar-refractivity contribution in [1.82, 2.24) is 0 Å². The number of anilines is 1. The molecule has 18 heavy (non-hydrogen) atoms. The van der Waals surface area contributed by atoms with Gasteiger partial charge >= 0.3 is 5.97 Å². The molecule has 0 radical (unpaired) electrons. The molecule has 0 unspecified atom stereocenters. The average molecular weight is 251 g/mol. The van der Waals surface area contributed by atoms with E-state index in [1.165, 1.54) is 12.7 Å². The molecule has 0 atom stereocenters. The second kappa shape index (κ2) is 5.76. The first kappa shape index (κ1) is 14.4. The molecule has 0 saturated heterocycles. The summed E-state index contributed by atoms with van der Waals surface area (Å²) in [5.41, 5.74) is 4.29. The summed E-state index contributed by atoms with van der Waals surface area (Å²) in [6.07, 6.45) is 0. The van der Waals surface area contributed by atoms with Crippen molar-refractivity contribution >= 4 is 11.7 Å². The lowest BCUT2D eigenvalue weighted by molar-refractivity contribution is -0.138. The molecule has 0 saturated carbocycles. The van der Waals surface area contributed by atoms with Crippen molar-refractivity contribution in [2.45, 2.75) is 20.8 Å². The molecule has 4 nitrogen and oxygen atoms in total. The number of likely N-dealkylation sites (N-methyl/N-ethyl adjacent to an activating group) is 1. The van der Waals surface area contributed by atoms with E-state index in [0.717, 1.165) is 22.6 Å². The van der Waals surface area contributed by atoms with Crippen LogP contribution >= 0.6 is 0 Å². The van der Waals surface area contributed by atoms with Gasteiger partial charge in [-0.15, -0.1) is 0 Å². The first-order chi connectivity index (χ1) is 8.42. The molecule has 1 aromatic carbocycles. The lowest BCUT2D eigenvalue weighted by Crippen LogP contribution is -2.27. The van der Waals surface area contributed by atoms with Gasteiger partial charge in [-0.2, -0.15) is 0 Å². The van der Waals surface area contributed by atoms with Gasteiger partial charge in [0.15, 0.2) is 0 Å². The fourth-order valence-corrected chi connectivity index (χ4v) is 2.10. The van der Waals surface area contributed by atoms with Crippen LogP contribution in [0.15, 0.2) is 6.07 Å². The van der Waals surface area contributed by atoms with Gasteiger partial charge in [0.25, 0.3) is 0 Å².